The summed E-state index contributed by atoms with van der Waals surface area (Å²) in [4.78, 5) is 8.74. The molecule has 0 aliphatic heterocycles. The zero-order valence-corrected chi connectivity index (χ0v) is 17.4. The lowest BCUT2D eigenvalue weighted by molar-refractivity contribution is -0.0410. The summed E-state index contributed by atoms with van der Waals surface area (Å²) in [6.07, 6.45) is -0.168. The van der Waals surface area contributed by atoms with Crippen LogP contribution in [0.25, 0.3) is 11.3 Å². The summed E-state index contributed by atoms with van der Waals surface area (Å²) >= 11 is 0. The van der Waals surface area contributed by atoms with Crippen molar-refractivity contribution in [1.82, 2.24) is 9.97 Å². The first-order chi connectivity index (χ1) is 12.9. The van der Waals surface area contributed by atoms with Gasteiger partial charge in [0, 0.05) is 18.7 Å². The molecule has 8 heteroatoms. The highest BCUT2D eigenvalue weighted by molar-refractivity contribution is 7.53. The van der Waals surface area contributed by atoms with Gasteiger partial charge in [0.25, 0.3) is 0 Å². The van der Waals surface area contributed by atoms with E-state index in [2.05, 4.69) is 9.97 Å². The molecular weight excluding hydrogens is 367 g/mol. The molecule has 0 saturated carbocycles. The minimum Gasteiger partial charge on any atom is -0.448 e. The fourth-order valence-electron chi connectivity index (χ4n) is 2.49. The van der Waals surface area contributed by atoms with Crippen molar-refractivity contribution < 1.29 is 23.1 Å². The fourth-order valence-corrected chi connectivity index (χ4v) is 4.20. The Hall–Kier alpha value is -1.79. The third-order valence-electron chi connectivity index (χ3n) is 3.71. The Kier molecular flexibility index (Phi) is 7.92. The molecule has 2 rings (SSSR count). The SMILES string of the molecule is CCOP(=O)(Cc1ccc(-c2cc(OC(C)OC)nc(C)n2)cc1)OCC. The number of rotatable bonds is 10. The molecule has 0 radical (unpaired) electrons. The van der Waals surface area contributed by atoms with Crippen molar-refractivity contribution in [1.29, 1.82) is 0 Å². The van der Waals surface area contributed by atoms with E-state index in [9.17, 15) is 4.57 Å². The zero-order chi connectivity index (χ0) is 19.9. The van der Waals surface area contributed by atoms with E-state index in [0.29, 0.717) is 24.9 Å². The van der Waals surface area contributed by atoms with Crippen LogP contribution in [0.15, 0.2) is 30.3 Å². The van der Waals surface area contributed by atoms with Crippen molar-refractivity contribution in [3.05, 3.63) is 41.7 Å². The van der Waals surface area contributed by atoms with E-state index in [4.69, 9.17) is 18.5 Å². The molecule has 7 nitrogen and oxygen atoms in total. The van der Waals surface area contributed by atoms with Gasteiger partial charge in [-0.1, -0.05) is 24.3 Å². The Balaban J connectivity index is 2.20. The van der Waals surface area contributed by atoms with Crippen molar-refractivity contribution in [3.8, 4) is 17.1 Å². The quantitative estimate of drug-likeness (QED) is 0.431. The number of benzene rings is 1. The lowest BCUT2D eigenvalue weighted by Gasteiger charge is -2.17. The molecule has 1 unspecified atom stereocenters. The van der Waals surface area contributed by atoms with Gasteiger partial charge in [0.05, 0.1) is 25.1 Å². The summed E-state index contributed by atoms with van der Waals surface area (Å²) in [5, 5.41) is 0. The molecule has 0 spiro atoms. The second-order valence-electron chi connectivity index (χ2n) is 5.86. The van der Waals surface area contributed by atoms with Crippen molar-refractivity contribution >= 4 is 7.60 Å². The van der Waals surface area contributed by atoms with Gasteiger partial charge in [0.1, 0.15) is 5.82 Å². The van der Waals surface area contributed by atoms with E-state index in [1.807, 2.05) is 31.2 Å². The molecule has 27 heavy (non-hydrogen) atoms. The monoisotopic (exact) mass is 394 g/mol. The second kappa shape index (κ2) is 9.95. The highest BCUT2D eigenvalue weighted by Crippen LogP contribution is 2.51. The topological polar surface area (TPSA) is 79.8 Å². The Labute approximate surface area is 160 Å². The van der Waals surface area contributed by atoms with Crippen molar-refractivity contribution in [2.45, 2.75) is 40.1 Å². The Morgan fingerprint density at radius 3 is 2.26 bits per heavy atom. The average molecular weight is 394 g/mol. The van der Waals surface area contributed by atoms with Gasteiger partial charge in [0.2, 0.25) is 5.88 Å². The number of aromatic nitrogens is 2. The predicted octanol–water partition coefficient (Wildman–Crippen LogP) is 4.59. The normalized spacial score (nSPS) is 12.8. The molecule has 2 aromatic rings. The predicted molar refractivity (Wildman–Crippen MR) is 104 cm³/mol. The van der Waals surface area contributed by atoms with E-state index < -0.39 is 13.9 Å². The van der Waals surface area contributed by atoms with Gasteiger partial charge in [-0.05, 0) is 33.3 Å². The number of ether oxygens (including phenoxy) is 2. The fraction of sp³-hybridized carbons (Fsp3) is 0.474. The van der Waals surface area contributed by atoms with Gasteiger partial charge in [-0.3, -0.25) is 4.57 Å². The standard InChI is InChI=1S/C19H27N2O5P/c1-6-24-27(22,25-7-2)13-16-8-10-17(11-9-16)18-12-19(21-14(3)20-18)26-15(4)23-5/h8-12,15H,6-7,13H2,1-5H3. The van der Waals surface area contributed by atoms with Crippen LogP contribution in [0.4, 0.5) is 0 Å². The third kappa shape index (κ3) is 6.40. The van der Waals surface area contributed by atoms with Crippen LogP contribution in [0.5, 0.6) is 5.88 Å². The molecule has 0 bridgehead atoms. The molecule has 1 aromatic carbocycles. The highest BCUT2D eigenvalue weighted by Gasteiger charge is 2.24. The van der Waals surface area contributed by atoms with Crippen molar-refractivity contribution in [2.75, 3.05) is 20.3 Å². The first kappa shape index (κ1) is 21.5. The third-order valence-corrected chi connectivity index (χ3v) is 5.77. The Bertz CT molecular complexity index is 772. The van der Waals surface area contributed by atoms with Crippen LogP contribution < -0.4 is 4.74 Å². The summed E-state index contributed by atoms with van der Waals surface area (Å²) in [5.41, 5.74) is 2.52. The summed E-state index contributed by atoms with van der Waals surface area (Å²) in [5.74, 6) is 1.06. The number of methoxy groups -OCH3 is 1. The summed E-state index contributed by atoms with van der Waals surface area (Å²) < 4.78 is 34.1. The largest absolute Gasteiger partial charge is 0.448 e. The van der Waals surface area contributed by atoms with Crippen LogP contribution in [0.2, 0.25) is 0 Å². The van der Waals surface area contributed by atoms with Crippen LogP contribution in [0.3, 0.4) is 0 Å². The first-order valence-corrected chi connectivity index (χ1v) is 10.6. The maximum absolute atomic E-state index is 12.7. The first-order valence-electron chi connectivity index (χ1n) is 8.91. The van der Waals surface area contributed by atoms with Crippen LogP contribution in [-0.4, -0.2) is 36.6 Å². The van der Waals surface area contributed by atoms with Crippen LogP contribution in [0, 0.1) is 6.92 Å². The van der Waals surface area contributed by atoms with E-state index in [-0.39, 0.29) is 6.16 Å². The van der Waals surface area contributed by atoms with Gasteiger partial charge in [0.15, 0.2) is 6.29 Å². The zero-order valence-electron chi connectivity index (χ0n) is 16.5. The summed E-state index contributed by atoms with van der Waals surface area (Å²) in [6, 6.07) is 9.40. The molecule has 0 aliphatic rings. The maximum atomic E-state index is 12.7. The molecule has 1 atom stereocenters. The number of hydrogen-bond acceptors (Lipinski definition) is 7. The van der Waals surface area contributed by atoms with Crippen LogP contribution >= 0.6 is 7.60 Å². The van der Waals surface area contributed by atoms with Gasteiger partial charge in [-0.25, -0.2) is 4.98 Å². The maximum Gasteiger partial charge on any atom is 0.335 e. The molecule has 0 saturated heterocycles. The van der Waals surface area contributed by atoms with Gasteiger partial charge in [-0.2, -0.15) is 4.98 Å². The molecule has 148 valence electrons. The van der Waals surface area contributed by atoms with Gasteiger partial charge < -0.3 is 18.5 Å². The molecule has 0 amide bonds. The minimum absolute atomic E-state index is 0.234. The lowest BCUT2D eigenvalue weighted by atomic mass is 10.1. The molecule has 1 aromatic heterocycles. The van der Waals surface area contributed by atoms with E-state index in [1.165, 1.54) is 0 Å². The Morgan fingerprint density at radius 2 is 1.70 bits per heavy atom. The molecule has 0 N–H and O–H groups in total. The van der Waals surface area contributed by atoms with Gasteiger partial charge in [-0.15, -0.1) is 0 Å². The second-order valence-corrected chi connectivity index (χ2v) is 7.92. The van der Waals surface area contributed by atoms with Gasteiger partial charge >= 0.3 is 7.60 Å². The molecule has 1 heterocycles. The summed E-state index contributed by atoms with van der Waals surface area (Å²) in [6.45, 7) is 7.90. The van der Waals surface area contributed by atoms with E-state index >= 15 is 0 Å². The Morgan fingerprint density at radius 1 is 1.07 bits per heavy atom. The van der Waals surface area contributed by atoms with E-state index in [0.717, 1.165) is 16.8 Å². The van der Waals surface area contributed by atoms with Crippen LogP contribution in [0.1, 0.15) is 32.2 Å². The average Bonchev–Trinajstić information content (AvgIpc) is 2.62. The lowest BCUT2D eigenvalue weighted by Crippen LogP contribution is -2.15. The van der Waals surface area contributed by atoms with E-state index in [1.54, 1.807) is 33.9 Å². The summed E-state index contributed by atoms with van der Waals surface area (Å²) in [7, 11) is -1.55. The molecule has 0 fully saturated rings. The minimum atomic E-state index is -3.12. The number of nitrogens with zero attached hydrogens (tertiary/aromatic N) is 2. The molecular formula is C19H27N2O5P. The van der Waals surface area contributed by atoms with Crippen molar-refractivity contribution in [3.63, 3.8) is 0 Å². The number of hydrogen-bond donors (Lipinski definition) is 0. The van der Waals surface area contributed by atoms with Crippen molar-refractivity contribution in [2.24, 2.45) is 0 Å². The van der Waals surface area contributed by atoms with Crippen LogP contribution in [-0.2, 0) is 24.5 Å². The highest BCUT2D eigenvalue weighted by atomic mass is 31.2. The molecule has 0 aliphatic carbocycles. The number of aryl methyl sites for hydroxylation is 1. The smallest absolute Gasteiger partial charge is 0.335 e.